The molecule has 1 unspecified atom stereocenters. The lowest BCUT2D eigenvalue weighted by Crippen LogP contribution is -2.60. The first-order valence-corrected chi connectivity index (χ1v) is 23.3. The summed E-state index contributed by atoms with van der Waals surface area (Å²) in [5.74, 6) is -1.18. The van der Waals surface area contributed by atoms with Crippen LogP contribution in [0.5, 0.6) is 5.75 Å². The van der Waals surface area contributed by atoms with Gasteiger partial charge in [-0.2, -0.15) is 4.98 Å². The molecule has 4 saturated heterocycles. The molecule has 0 spiro atoms. The molecule has 346 valence electrons. The molecule has 3 N–H and O–H groups in total. The number of hydrogen-bond donors (Lipinski definition) is 3. The van der Waals surface area contributed by atoms with Crippen molar-refractivity contribution in [1.29, 1.82) is 0 Å². The summed E-state index contributed by atoms with van der Waals surface area (Å²) in [5, 5.41) is 9.21. The molecule has 5 fully saturated rings. The van der Waals surface area contributed by atoms with Gasteiger partial charge in [0, 0.05) is 80.6 Å². The van der Waals surface area contributed by atoms with Crippen molar-refractivity contribution < 1.29 is 33.4 Å². The van der Waals surface area contributed by atoms with Crippen molar-refractivity contribution in [2.45, 2.75) is 108 Å². The smallest absolute Gasteiger partial charge is 0.293 e. The van der Waals surface area contributed by atoms with Crippen molar-refractivity contribution in [3.05, 3.63) is 75.2 Å². The number of halogens is 1. The van der Waals surface area contributed by atoms with E-state index < -0.39 is 29.7 Å². The van der Waals surface area contributed by atoms with Gasteiger partial charge in [-0.15, -0.1) is 0 Å². The zero-order valence-electron chi connectivity index (χ0n) is 37.1. The summed E-state index contributed by atoms with van der Waals surface area (Å²) in [6.45, 7) is 6.90. The quantitative estimate of drug-likeness (QED) is 0.171. The Morgan fingerprint density at radius 2 is 1.64 bits per heavy atom. The summed E-state index contributed by atoms with van der Waals surface area (Å²) < 4.78 is 13.9. The maximum atomic E-state index is 13.5. The number of aromatic nitrogens is 3. The number of piperazine rings is 1. The number of amides is 5. The van der Waals surface area contributed by atoms with Crippen molar-refractivity contribution in [1.82, 2.24) is 35.0 Å². The van der Waals surface area contributed by atoms with Gasteiger partial charge in [0.1, 0.15) is 11.1 Å². The summed E-state index contributed by atoms with van der Waals surface area (Å²) in [6.07, 6.45) is 7.99. The fourth-order valence-corrected chi connectivity index (χ4v) is 10.8. The van der Waals surface area contributed by atoms with Gasteiger partial charge in [-0.1, -0.05) is 11.6 Å². The van der Waals surface area contributed by atoms with Crippen LogP contribution in [-0.2, 0) is 19.1 Å². The summed E-state index contributed by atoms with van der Waals surface area (Å²) in [5.41, 5.74) is 2.67. The molecule has 7 heterocycles. The van der Waals surface area contributed by atoms with Crippen molar-refractivity contribution in [3.63, 3.8) is 0 Å². The van der Waals surface area contributed by atoms with Gasteiger partial charge < -0.3 is 34.5 Å². The Morgan fingerprint density at radius 1 is 0.894 bits per heavy atom. The number of likely N-dealkylation sites (N-methyl/N-ethyl adjacent to an activating group) is 1. The Morgan fingerprint density at radius 3 is 2.35 bits per heavy atom. The molecule has 6 aliphatic rings. The number of likely N-dealkylation sites (tertiary alicyclic amines) is 1. The highest BCUT2D eigenvalue weighted by Crippen LogP contribution is 2.41. The van der Waals surface area contributed by atoms with E-state index in [0.29, 0.717) is 51.7 Å². The number of imide groups is 2. The SMILES string of the molecule is CNC(=O)COc1cc2cc(Nc3nc(N4CCC(OC5CC(N6CC7CC[C@H](C6)N7c6ccc7c(c6)C(=O)N([C@@H]6CCC(=O)NC6=O)C7=O)C5)CC4)ncc3Cl)ccc2n(C(C)C)c1=O. The Bertz CT molecular complexity index is 2680. The van der Waals surface area contributed by atoms with Gasteiger partial charge in [0.25, 0.3) is 23.3 Å². The topological polar surface area (TPSA) is 201 Å². The van der Waals surface area contributed by atoms with Crippen LogP contribution in [0, 0.1) is 0 Å². The molecule has 5 amide bonds. The molecule has 2 bridgehead atoms. The maximum absolute atomic E-state index is 13.5. The molecule has 3 atom stereocenters. The predicted molar refractivity (Wildman–Crippen MR) is 246 cm³/mol. The first-order chi connectivity index (χ1) is 31.8. The summed E-state index contributed by atoms with van der Waals surface area (Å²) >= 11 is 6.61. The highest BCUT2D eigenvalue weighted by Gasteiger charge is 2.48. The third-order valence-electron chi connectivity index (χ3n) is 14.1. The number of rotatable bonds is 12. The van der Waals surface area contributed by atoms with Crippen LogP contribution in [0.3, 0.4) is 0 Å². The van der Waals surface area contributed by atoms with Gasteiger partial charge in [0.15, 0.2) is 18.2 Å². The number of hydrogen-bond acceptors (Lipinski definition) is 14. The normalized spacial score (nSPS) is 24.5. The molecule has 5 aliphatic heterocycles. The van der Waals surface area contributed by atoms with E-state index >= 15 is 0 Å². The monoisotopic (exact) mass is 920 g/mol. The number of nitrogens with zero attached hydrogens (tertiary/aromatic N) is 7. The van der Waals surface area contributed by atoms with E-state index in [4.69, 9.17) is 26.1 Å². The number of anilines is 4. The molecule has 4 aromatic rings. The largest absolute Gasteiger partial charge is 0.478 e. The molecule has 2 aromatic heterocycles. The summed E-state index contributed by atoms with van der Waals surface area (Å²) in [6, 6.07) is 12.7. The summed E-state index contributed by atoms with van der Waals surface area (Å²) in [4.78, 5) is 93.8. The van der Waals surface area contributed by atoms with Crippen molar-refractivity contribution in [2.24, 2.45) is 0 Å². The van der Waals surface area contributed by atoms with Gasteiger partial charge >= 0.3 is 0 Å². The zero-order valence-corrected chi connectivity index (χ0v) is 37.9. The number of pyridine rings is 1. The molecule has 66 heavy (non-hydrogen) atoms. The molecule has 1 aliphatic carbocycles. The molecule has 10 rings (SSSR count). The van der Waals surface area contributed by atoms with Gasteiger partial charge in [-0.25, -0.2) is 4.98 Å². The molecule has 1 saturated carbocycles. The number of fused-ring (bicyclic) bond motifs is 4. The molecule has 19 heteroatoms. The van der Waals surface area contributed by atoms with Crippen molar-refractivity contribution in [2.75, 3.05) is 55.0 Å². The standard InChI is InChI=1S/C47H53ClN10O8/c1-25(2)56-37-9-4-27(16-26(37)17-39(46(56)64)65-24-41(60)49-3)51-42-36(48)21-50-47(53-42)54-14-12-32(13-15-54)66-33-18-31(19-33)55-22-29-5-6-30(23-55)57(29)28-7-8-34-35(20-28)45(63)58(44(34)62)38-10-11-40(59)52-43(38)61/h4,7-9,16-17,20-21,25,29-33,38H,5-6,10-15,18-19,22-24H2,1-3H3,(H,49,60)(H,50,51,53)(H,52,59,61)/t29-,30?,31?,33?,38-/m1/s1. The summed E-state index contributed by atoms with van der Waals surface area (Å²) in [7, 11) is 1.51. The van der Waals surface area contributed by atoms with Crippen molar-refractivity contribution in [3.8, 4) is 5.75 Å². The van der Waals surface area contributed by atoms with Gasteiger partial charge in [-0.3, -0.25) is 43.9 Å². The molecule has 2 aromatic carbocycles. The first kappa shape index (κ1) is 43.8. The van der Waals surface area contributed by atoms with Crippen LogP contribution in [0.1, 0.15) is 92.0 Å². The van der Waals surface area contributed by atoms with E-state index in [1.165, 1.54) is 7.05 Å². The Labute approximate surface area is 385 Å². The molecule has 0 radical (unpaired) electrons. The van der Waals surface area contributed by atoms with E-state index in [9.17, 15) is 28.8 Å². The lowest BCUT2D eigenvalue weighted by atomic mass is 9.86. The van der Waals surface area contributed by atoms with Crippen LogP contribution < -0.4 is 36.0 Å². The second kappa shape index (κ2) is 17.6. The Kier molecular flexibility index (Phi) is 11.7. The van der Waals surface area contributed by atoms with Crippen LogP contribution in [0.2, 0.25) is 5.02 Å². The second-order valence-corrected chi connectivity index (χ2v) is 18.9. The minimum absolute atomic E-state index is 0.0870. The van der Waals surface area contributed by atoms with E-state index in [-0.39, 0.29) is 54.9 Å². The first-order valence-electron chi connectivity index (χ1n) is 22.9. The fourth-order valence-electron chi connectivity index (χ4n) is 10.7. The lowest BCUT2D eigenvalue weighted by Gasteiger charge is -2.50. The predicted octanol–water partition coefficient (Wildman–Crippen LogP) is 4.17. The molecular formula is C47H53ClN10O8. The number of ether oxygens (including phenoxy) is 2. The zero-order chi connectivity index (χ0) is 46.0. The fraction of sp³-hybridized carbons (Fsp3) is 0.489. The van der Waals surface area contributed by atoms with Gasteiger partial charge in [-0.05, 0) is 101 Å². The highest BCUT2D eigenvalue weighted by molar-refractivity contribution is 6.33. The van der Waals surface area contributed by atoms with Gasteiger partial charge in [0.05, 0.1) is 35.0 Å². The van der Waals surface area contributed by atoms with E-state index in [2.05, 4.69) is 35.6 Å². The number of nitrogens with one attached hydrogen (secondary N) is 3. The number of carbonyl (C=O) groups is 5. The molecule has 18 nitrogen and oxygen atoms in total. The number of benzene rings is 2. The Hall–Kier alpha value is -6.11. The number of carbonyl (C=O) groups excluding carboxylic acids is 5. The number of piperidine rings is 2. The Balaban J connectivity index is 0.715. The van der Waals surface area contributed by atoms with Crippen LogP contribution in [-0.4, -0.2) is 130 Å². The van der Waals surface area contributed by atoms with Crippen LogP contribution in [0.25, 0.3) is 10.9 Å². The highest BCUT2D eigenvalue weighted by atomic mass is 35.5. The third-order valence-corrected chi connectivity index (χ3v) is 14.4. The average molecular weight is 921 g/mol. The second-order valence-electron chi connectivity index (χ2n) is 18.5. The minimum Gasteiger partial charge on any atom is -0.478 e. The average Bonchev–Trinajstić information content (AvgIpc) is 3.70. The van der Waals surface area contributed by atoms with E-state index in [0.717, 1.165) is 86.2 Å². The third kappa shape index (κ3) is 8.12. The minimum atomic E-state index is -0.982. The lowest BCUT2D eigenvalue weighted by molar-refractivity contribution is -0.136. The van der Waals surface area contributed by atoms with Crippen LogP contribution >= 0.6 is 11.6 Å². The van der Waals surface area contributed by atoms with Crippen LogP contribution in [0.15, 0.2) is 53.5 Å². The van der Waals surface area contributed by atoms with E-state index in [1.807, 2.05) is 44.2 Å². The van der Waals surface area contributed by atoms with Crippen LogP contribution in [0.4, 0.5) is 23.1 Å². The van der Waals surface area contributed by atoms with Gasteiger partial charge in [0.2, 0.25) is 17.8 Å². The molecular weight excluding hydrogens is 868 g/mol. The maximum Gasteiger partial charge on any atom is 0.293 e. The van der Waals surface area contributed by atoms with E-state index in [1.54, 1.807) is 22.9 Å². The van der Waals surface area contributed by atoms with Crippen molar-refractivity contribution >= 4 is 75.2 Å².